The van der Waals surface area contributed by atoms with Gasteiger partial charge < -0.3 is 5.73 Å². The van der Waals surface area contributed by atoms with Crippen LogP contribution >= 0.6 is 11.8 Å². The summed E-state index contributed by atoms with van der Waals surface area (Å²) in [5.74, 6) is 0.477. The molecule has 0 saturated heterocycles. The Balaban J connectivity index is 2.29. The summed E-state index contributed by atoms with van der Waals surface area (Å²) in [6.45, 7) is 4.27. The first-order valence-corrected chi connectivity index (χ1v) is 8.83. The summed E-state index contributed by atoms with van der Waals surface area (Å²) in [5, 5.41) is 5.15. The van der Waals surface area contributed by atoms with Gasteiger partial charge in [-0.1, -0.05) is 37.7 Å². The Hall–Kier alpha value is -1.50. The minimum atomic E-state index is -3.75. The molecule has 4 N–H and O–H groups in total. The highest BCUT2D eigenvalue weighted by atomic mass is 32.2. The summed E-state index contributed by atoms with van der Waals surface area (Å²) in [6, 6.07) is 12.8. The van der Waals surface area contributed by atoms with Crippen molar-refractivity contribution in [3.8, 4) is 0 Å². The summed E-state index contributed by atoms with van der Waals surface area (Å²) in [6.07, 6.45) is 0. The van der Waals surface area contributed by atoms with Crippen LogP contribution in [0.2, 0.25) is 0 Å². The molecule has 21 heavy (non-hydrogen) atoms. The third-order valence-corrected chi connectivity index (χ3v) is 4.89. The topological polar surface area (TPSA) is 86.2 Å². The third kappa shape index (κ3) is 4.23. The molecule has 112 valence electrons. The van der Waals surface area contributed by atoms with Crippen molar-refractivity contribution in [2.45, 2.75) is 34.5 Å². The van der Waals surface area contributed by atoms with Crippen molar-refractivity contribution in [2.75, 3.05) is 5.73 Å². The molecule has 0 unspecified atom stereocenters. The van der Waals surface area contributed by atoms with Crippen LogP contribution in [0.3, 0.4) is 0 Å². The first-order valence-electron chi connectivity index (χ1n) is 6.47. The summed E-state index contributed by atoms with van der Waals surface area (Å²) in [7, 11) is -3.75. The quantitative estimate of drug-likeness (QED) is 0.846. The molecule has 4 nitrogen and oxygen atoms in total. The van der Waals surface area contributed by atoms with Gasteiger partial charge in [0.05, 0.1) is 4.90 Å². The summed E-state index contributed by atoms with van der Waals surface area (Å²) < 4.78 is 22.8. The Kier molecular flexibility index (Phi) is 4.61. The van der Waals surface area contributed by atoms with Crippen molar-refractivity contribution >= 4 is 27.5 Å². The van der Waals surface area contributed by atoms with Gasteiger partial charge in [0.1, 0.15) is 0 Å². The van der Waals surface area contributed by atoms with Crippen LogP contribution in [0.25, 0.3) is 0 Å². The molecular weight excluding hydrogens is 304 g/mol. The van der Waals surface area contributed by atoms with Crippen molar-refractivity contribution in [2.24, 2.45) is 5.14 Å². The van der Waals surface area contributed by atoms with E-state index in [9.17, 15) is 8.42 Å². The van der Waals surface area contributed by atoms with E-state index >= 15 is 0 Å². The SMILES string of the molecule is CC(C)c1ccc(Sc2cc(N)cc(S(N)(=O)=O)c2)cc1. The van der Waals surface area contributed by atoms with Crippen LogP contribution in [0.1, 0.15) is 25.3 Å². The molecule has 0 bridgehead atoms. The molecule has 0 aromatic heterocycles. The number of hydrogen-bond acceptors (Lipinski definition) is 4. The van der Waals surface area contributed by atoms with Gasteiger partial charge in [0.15, 0.2) is 0 Å². The maximum Gasteiger partial charge on any atom is 0.238 e. The number of benzene rings is 2. The van der Waals surface area contributed by atoms with Crippen molar-refractivity contribution in [1.29, 1.82) is 0 Å². The molecule has 0 fully saturated rings. The lowest BCUT2D eigenvalue weighted by Gasteiger charge is -2.08. The maximum atomic E-state index is 11.4. The highest BCUT2D eigenvalue weighted by Crippen LogP contribution is 2.31. The predicted octanol–water partition coefficient (Wildman–Crippen LogP) is 3.19. The van der Waals surface area contributed by atoms with Gasteiger partial charge in [-0.25, -0.2) is 13.6 Å². The molecule has 6 heteroatoms. The minimum absolute atomic E-state index is 0.0313. The molecule has 0 aliphatic heterocycles. The van der Waals surface area contributed by atoms with E-state index in [0.29, 0.717) is 11.6 Å². The van der Waals surface area contributed by atoms with E-state index in [-0.39, 0.29) is 4.90 Å². The second-order valence-electron chi connectivity index (χ2n) is 5.11. The Morgan fingerprint density at radius 2 is 1.62 bits per heavy atom. The zero-order valence-electron chi connectivity index (χ0n) is 11.9. The van der Waals surface area contributed by atoms with Gasteiger partial charge in [0.25, 0.3) is 0 Å². The molecular formula is C15H18N2O2S2. The Bertz CT molecular complexity index is 739. The van der Waals surface area contributed by atoms with E-state index in [1.807, 2.05) is 12.1 Å². The average molecular weight is 322 g/mol. The van der Waals surface area contributed by atoms with Gasteiger partial charge >= 0.3 is 0 Å². The molecule has 0 saturated carbocycles. The highest BCUT2D eigenvalue weighted by molar-refractivity contribution is 7.99. The molecule has 0 atom stereocenters. The molecule has 0 radical (unpaired) electrons. The normalized spacial score (nSPS) is 11.8. The third-order valence-electron chi connectivity index (χ3n) is 3.01. The van der Waals surface area contributed by atoms with Crippen LogP contribution in [-0.2, 0) is 10.0 Å². The fourth-order valence-corrected chi connectivity index (χ4v) is 3.47. The number of anilines is 1. The Morgan fingerprint density at radius 3 is 2.14 bits per heavy atom. The van der Waals surface area contributed by atoms with Gasteiger partial charge in [0, 0.05) is 15.5 Å². The van der Waals surface area contributed by atoms with Gasteiger partial charge in [-0.15, -0.1) is 0 Å². The maximum absolute atomic E-state index is 11.4. The lowest BCUT2D eigenvalue weighted by molar-refractivity contribution is 0.597. The van der Waals surface area contributed by atoms with Crippen molar-refractivity contribution in [3.05, 3.63) is 48.0 Å². The summed E-state index contributed by atoms with van der Waals surface area (Å²) in [5.41, 5.74) is 7.38. The van der Waals surface area contributed by atoms with Gasteiger partial charge in [-0.05, 0) is 41.8 Å². The average Bonchev–Trinajstić information content (AvgIpc) is 2.37. The number of primary sulfonamides is 1. The Morgan fingerprint density at radius 1 is 1.00 bits per heavy atom. The van der Waals surface area contributed by atoms with Crippen molar-refractivity contribution < 1.29 is 8.42 Å². The minimum Gasteiger partial charge on any atom is -0.399 e. The number of nitrogens with two attached hydrogens (primary N) is 2. The first kappa shape index (κ1) is 15.9. The van der Waals surface area contributed by atoms with Gasteiger partial charge in [-0.2, -0.15) is 0 Å². The van der Waals surface area contributed by atoms with Crippen LogP contribution in [0.15, 0.2) is 57.2 Å². The van der Waals surface area contributed by atoms with Crippen molar-refractivity contribution in [1.82, 2.24) is 0 Å². The predicted molar refractivity (Wildman–Crippen MR) is 86.9 cm³/mol. The fourth-order valence-electron chi connectivity index (χ4n) is 1.87. The monoisotopic (exact) mass is 322 g/mol. The molecule has 2 aromatic rings. The molecule has 0 amide bonds. The number of sulfonamides is 1. The smallest absolute Gasteiger partial charge is 0.238 e. The van der Waals surface area contributed by atoms with Crippen LogP contribution in [0.4, 0.5) is 5.69 Å². The number of rotatable bonds is 4. The molecule has 0 spiro atoms. The van der Waals surface area contributed by atoms with E-state index < -0.39 is 10.0 Å². The first-order chi connectivity index (χ1) is 9.75. The lowest BCUT2D eigenvalue weighted by atomic mass is 10.0. The lowest BCUT2D eigenvalue weighted by Crippen LogP contribution is -2.12. The molecule has 2 aromatic carbocycles. The molecule has 0 aliphatic carbocycles. The molecule has 2 rings (SSSR count). The van der Waals surface area contributed by atoms with E-state index in [0.717, 1.165) is 9.79 Å². The van der Waals surface area contributed by atoms with E-state index in [1.54, 1.807) is 6.07 Å². The molecule has 0 heterocycles. The van der Waals surface area contributed by atoms with Gasteiger partial charge in [0.2, 0.25) is 10.0 Å². The van der Waals surface area contributed by atoms with Crippen LogP contribution in [0.5, 0.6) is 0 Å². The largest absolute Gasteiger partial charge is 0.399 e. The second-order valence-corrected chi connectivity index (χ2v) is 7.82. The van der Waals surface area contributed by atoms with Crippen LogP contribution in [0, 0.1) is 0 Å². The van der Waals surface area contributed by atoms with Crippen molar-refractivity contribution in [3.63, 3.8) is 0 Å². The summed E-state index contributed by atoms with van der Waals surface area (Å²) in [4.78, 5) is 1.80. The van der Waals surface area contributed by atoms with Crippen LogP contribution in [-0.4, -0.2) is 8.42 Å². The Labute approximate surface area is 129 Å². The zero-order valence-corrected chi connectivity index (χ0v) is 13.5. The standard InChI is InChI=1S/C15H18N2O2S2/c1-10(2)11-3-5-13(6-4-11)20-14-7-12(16)8-15(9-14)21(17,18)19/h3-10H,16H2,1-2H3,(H2,17,18,19). The van der Waals surface area contributed by atoms with Gasteiger partial charge in [-0.3, -0.25) is 0 Å². The fraction of sp³-hybridized carbons (Fsp3) is 0.200. The summed E-state index contributed by atoms with van der Waals surface area (Å²) >= 11 is 1.45. The number of hydrogen-bond donors (Lipinski definition) is 2. The molecule has 0 aliphatic rings. The number of nitrogen functional groups attached to an aromatic ring is 1. The van der Waals surface area contributed by atoms with E-state index in [2.05, 4.69) is 26.0 Å². The van der Waals surface area contributed by atoms with E-state index in [1.165, 1.54) is 29.5 Å². The van der Waals surface area contributed by atoms with E-state index in [4.69, 9.17) is 10.9 Å². The second kappa shape index (κ2) is 6.09. The zero-order chi connectivity index (χ0) is 15.6. The van der Waals surface area contributed by atoms with Crippen LogP contribution < -0.4 is 10.9 Å². The highest BCUT2D eigenvalue weighted by Gasteiger charge is 2.11.